The zero-order chi connectivity index (χ0) is 11.6. The van der Waals surface area contributed by atoms with Crippen molar-refractivity contribution >= 4 is 11.8 Å². The highest BCUT2D eigenvalue weighted by molar-refractivity contribution is 7.99. The Bertz CT molecular complexity index is 266. The van der Waals surface area contributed by atoms with E-state index in [0.29, 0.717) is 13.2 Å². The molecule has 5 heteroatoms. The summed E-state index contributed by atoms with van der Waals surface area (Å²) in [4.78, 5) is 8.01. The number of nitrogens with zero attached hydrogens (tertiary/aromatic N) is 2. The van der Waals surface area contributed by atoms with Crippen molar-refractivity contribution < 1.29 is 9.47 Å². The second-order valence-electron chi connectivity index (χ2n) is 3.02. The predicted octanol–water partition coefficient (Wildman–Crippen LogP) is 2.36. The van der Waals surface area contributed by atoms with Crippen molar-refractivity contribution in [1.29, 1.82) is 0 Å². The lowest BCUT2D eigenvalue weighted by molar-refractivity contribution is -0.136. The fourth-order valence-electron chi connectivity index (χ4n) is 1.21. The van der Waals surface area contributed by atoms with Crippen LogP contribution in [0.15, 0.2) is 23.6 Å². The molecule has 0 aliphatic heterocycles. The molecule has 1 heterocycles. The fraction of sp³-hybridized carbons (Fsp3) is 0.636. The lowest BCUT2D eigenvalue weighted by Gasteiger charge is -2.16. The normalized spacial score (nSPS) is 10.9. The molecule has 1 rings (SSSR count). The first kappa shape index (κ1) is 13.4. The number of thioether (sulfide) groups is 1. The van der Waals surface area contributed by atoms with Crippen molar-refractivity contribution in [1.82, 2.24) is 9.97 Å². The van der Waals surface area contributed by atoms with Crippen LogP contribution >= 0.6 is 11.8 Å². The number of ether oxygens (including phenoxy) is 2. The Morgan fingerprint density at radius 1 is 1.31 bits per heavy atom. The van der Waals surface area contributed by atoms with Gasteiger partial charge in [0.1, 0.15) is 6.33 Å². The van der Waals surface area contributed by atoms with Gasteiger partial charge in [-0.2, -0.15) is 0 Å². The van der Waals surface area contributed by atoms with E-state index in [4.69, 9.17) is 9.47 Å². The summed E-state index contributed by atoms with van der Waals surface area (Å²) in [7, 11) is 0. The van der Waals surface area contributed by atoms with Gasteiger partial charge in [-0.15, -0.1) is 11.8 Å². The van der Waals surface area contributed by atoms with Crippen LogP contribution in [0.2, 0.25) is 0 Å². The zero-order valence-corrected chi connectivity index (χ0v) is 10.6. The van der Waals surface area contributed by atoms with E-state index in [0.717, 1.165) is 17.2 Å². The highest BCUT2D eigenvalue weighted by Gasteiger charge is 2.07. The van der Waals surface area contributed by atoms with E-state index < -0.39 is 0 Å². The first-order chi connectivity index (χ1) is 7.86. The highest BCUT2D eigenvalue weighted by Crippen LogP contribution is 2.16. The zero-order valence-electron chi connectivity index (χ0n) is 9.76. The Morgan fingerprint density at radius 2 is 2.06 bits per heavy atom. The smallest absolute Gasteiger partial charge is 0.158 e. The number of hydrogen-bond donors (Lipinski definition) is 0. The second-order valence-corrected chi connectivity index (χ2v) is 4.14. The topological polar surface area (TPSA) is 44.2 Å². The van der Waals surface area contributed by atoms with Crippen LogP contribution < -0.4 is 0 Å². The summed E-state index contributed by atoms with van der Waals surface area (Å²) in [5.41, 5.74) is 0. The largest absolute Gasteiger partial charge is 0.353 e. The van der Waals surface area contributed by atoms with Gasteiger partial charge in [0, 0.05) is 31.6 Å². The van der Waals surface area contributed by atoms with Gasteiger partial charge in [0.15, 0.2) is 6.29 Å². The third-order valence-corrected chi connectivity index (χ3v) is 2.84. The molecule has 0 bridgehead atoms. The molecule has 0 fully saturated rings. The molecule has 16 heavy (non-hydrogen) atoms. The molecule has 0 aliphatic rings. The van der Waals surface area contributed by atoms with Crippen molar-refractivity contribution in [3.05, 3.63) is 18.6 Å². The van der Waals surface area contributed by atoms with E-state index >= 15 is 0 Å². The maximum absolute atomic E-state index is 5.45. The fourth-order valence-corrected chi connectivity index (χ4v) is 2.01. The Labute approximate surface area is 101 Å². The monoisotopic (exact) mass is 242 g/mol. The minimum absolute atomic E-state index is 0.0932. The molecule has 0 unspecified atom stereocenters. The molecule has 4 nitrogen and oxygen atoms in total. The van der Waals surface area contributed by atoms with Crippen LogP contribution in [0.5, 0.6) is 0 Å². The lowest BCUT2D eigenvalue weighted by atomic mass is 10.5. The molecule has 0 aromatic carbocycles. The molecule has 1 aromatic heterocycles. The molecule has 0 aliphatic carbocycles. The van der Waals surface area contributed by atoms with Crippen LogP contribution in [-0.2, 0) is 9.47 Å². The summed E-state index contributed by atoms with van der Waals surface area (Å²) < 4.78 is 10.9. The summed E-state index contributed by atoms with van der Waals surface area (Å²) in [6, 6.07) is 1.90. The number of aromatic nitrogens is 2. The minimum atomic E-state index is -0.0932. The van der Waals surface area contributed by atoms with E-state index in [2.05, 4.69) is 9.97 Å². The third-order valence-electron chi connectivity index (χ3n) is 1.86. The van der Waals surface area contributed by atoms with Crippen LogP contribution in [0.3, 0.4) is 0 Å². The molecule has 0 saturated heterocycles. The van der Waals surface area contributed by atoms with Gasteiger partial charge in [-0.1, -0.05) is 0 Å². The average molecular weight is 242 g/mol. The van der Waals surface area contributed by atoms with Gasteiger partial charge < -0.3 is 9.47 Å². The summed E-state index contributed by atoms with van der Waals surface area (Å²) in [6.07, 6.45) is 4.09. The van der Waals surface area contributed by atoms with E-state index in [9.17, 15) is 0 Å². The SMILES string of the molecule is CCOC(CCSc1ccncn1)OCC. The van der Waals surface area contributed by atoms with E-state index in [1.54, 1.807) is 24.3 Å². The molecule has 0 saturated carbocycles. The summed E-state index contributed by atoms with van der Waals surface area (Å²) in [5.74, 6) is 0.932. The Morgan fingerprint density at radius 3 is 2.62 bits per heavy atom. The van der Waals surface area contributed by atoms with Crippen molar-refractivity contribution in [2.24, 2.45) is 0 Å². The molecule has 0 amide bonds. The summed E-state index contributed by atoms with van der Waals surface area (Å²) in [6.45, 7) is 5.32. The van der Waals surface area contributed by atoms with Gasteiger partial charge in [-0.3, -0.25) is 0 Å². The van der Waals surface area contributed by atoms with Crippen molar-refractivity contribution in [3.63, 3.8) is 0 Å². The van der Waals surface area contributed by atoms with E-state index in [1.165, 1.54) is 0 Å². The van der Waals surface area contributed by atoms with Crippen molar-refractivity contribution in [2.45, 2.75) is 31.6 Å². The van der Waals surface area contributed by atoms with Crippen molar-refractivity contribution in [2.75, 3.05) is 19.0 Å². The highest BCUT2D eigenvalue weighted by atomic mass is 32.2. The first-order valence-corrected chi connectivity index (χ1v) is 6.47. The maximum atomic E-state index is 5.45. The average Bonchev–Trinajstić information content (AvgIpc) is 2.31. The maximum Gasteiger partial charge on any atom is 0.158 e. The Kier molecular flexibility index (Phi) is 7.12. The molecular weight excluding hydrogens is 224 g/mol. The third kappa shape index (κ3) is 5.44. The minimum Gasteiger partial charge on any atom is -0.353 e. The molecule has 0 spiro atoms. The van der Waals surface area contributed by atoms with Crippen molar-refractivity contribution in [3.8, 4) is 0 Å². The lowest BCUT2D eigenvalue weighted by Crippen LogP contribution is -2.18. The second kappa shape index (κ2) is 8.50. The van der Waals surface area contributed by atoms with Gasteiger partial charge in [0.2, 0.25) is 0 Å². The van der Waals surface area contributed by atoms with Gasteiger partial charge in [0.05, 0.1) is 5.03 Å². The molecule has 1 aromatic rings. The summed E-state index contributed by atoms with van der Waals surface area (Å²) >= 11 is 1.69. The van der Waals surface area contributed by atoms with Crippen LogP contribution in [0.4, 0.5) is 0 Å². The molecule has 0 radical (unpaired) electrons. The first-order valence-electron chi connectivity index (χ1n) is 5.48. The van der Waals surface area contributed by atoms with Gasteiger partial charge in [-0.05, 0) is 19.9 Å². The number of rotatable bonds is 8. The number of hydrogen-bond acceptors (Lipinski definition) is 5. The van der Waals surface area contributed by atoms with E-state index in [1.807, 2.05) is 19.9 Å². The van der Waals surface area contributed by atoms with E-state index in [-0.39, 0.29) is 6.29 Å². The predicted molar refractivity (Wildman–Crippen MR) is 64.4 cm³/mol. The van der Waals surface area contributed by atoms with Crippen LogP contribution in [0, 0.1) is 0 Å². The van der Waals surface area contributed by atoms with Gasteiger partial charge in [0.25, 0.3) is 0 Å². The molecular formula is C11H18N2O2S. The molecule has 0 atom stereocenters. The quantitative estimate of drug-likeness (QED) is 0.398. The van der Waals surface area contributed by atoms with Crippen LogP contribution in [0.1, 0.15) is 20.3 Å². The standard InChI is InChI=1S/C11H18N2O2S/c1-3-14-11(15-4-2)6-8-16-10-5-7-12-9-13-10/h5,7,9,11H,3-4,6,8H2,1-2H3. The van der Waals surface area contributed by atoms with Gasteiger partial charge >= 0.3 is 0 Å². The van der Waals surface area contributed by atoms with Crippen LogP contribution in [-0.4, -0.2) is 35.2 Å². The Hall–Kier alpha value is -0.650. The van der Waals surface area contributed by atoms with Crippen LogP contribution in [0.25, 0.3) is 0 Å². The Balaban J connectivity index is 2.22. The van der Waals surface area contributed by atoms with Gasteiger partial charge in [-0.25, -0.2) is 9.97 Å². The molecule has 90 valence electrons. The summed E-state index contributed by atoms with van der Waals surface area (Å²) in [5, 5.41) is 0.988. The molecule has 0 N–H and O–H groups in total.